The smallest absolute Gasteiger partial charge is 0.153 e. The summed E-state index contributed by atoms with van der Waals surface area (Å²) >= 11 is 3.45. The first-order valence-corrected chi connectivity index (χ1v) is 6.63. The van der Waals surface area contributed by atoms with E-state index in [-0.39, 0.29) is 6.04 Å². The molecular formula is C12H16BrN5. The van der Waals surface area contributed by atoms with Crippen LogP contribution in [0.1, 0.15) is 29.8 Å². The van der Waals surface area contributed by atoms with Crippen LogP contribution in [-0.2, 0) is 7.05 Å². The number of pyridine rings is 1. The third-order valence-electron chi connectivity index (χ3n) is 2.90. The van der Waals surface area contributed by atoms with Gasteiger partial charge in [0.05, 0.1) is 11.7 Å². The molecule has 0 aliphatic rings. The van der Waals surface area contributed by atoms with Crippen molar-refractivity contribution in [2.75, 3.05) is 6.54 Å². The summed E-state index contributed by atoms with van der Waals surface area (Å²) in [5, 5.41) is 11.5. The molecule has 0 saturated carbocycles. The zero-order valence-electron chi connectivity index (χ0n) is 10.7. The first-order chi connectivity index (χ1) is 8.65. The number of rotatable bonds is 4. The molecule has 1 unspecified atom stereocenters. The van der Waals surface area contributed by atoms with Crippen LogP contribution in [0.3, 0.4) is 0 Å². The molecule has 96 valence electrons. The van der Waals surface area contributed by atoms with Gasteiger partial charge >= 0.3 is 0 Å². The van der Waals surface area contributed by atoms with Crippen molar-refractivity contribution in [3.8, 4) is 0 Å². The van der Waals surface area contributed by atoms with E-state index in [1.165, 1.54) is 5.56 Å². The van der Waals surface area contributed by atoms with Crippen LogP contribution in [0.4, 0.5) is 0 Å². The van der Waals surface area contributed by atoms with Gasteiger partial charge in [-0.25, -0.2) is 4.68 Å². The molecule has 2 aromatic heterocycles. The van der Waals surface area contributed by atoms with Crippen molar-refractivity contribution >= 4 is 15.9 Å². The molecule has 5 nitrogen and oxygen atoms in total. The molecule has 1 atom stereocenters. The van der Waals surface area contributed by atoms with E-state index in [0.29, 0.717) is 0 Å². The summed E-state index contributed by atoms with van der Waals surface area (Å²) in [5.74, 6) is 0. The Balaban J connectivity index is 2.50. The number of nitrogens with one attached hydrogen (secondary N) is 1. The molecule has 6 heteroatoms. The average molecular weight is 310 g/mol. The summed E-state index contributed by atoms with van der Waals surface area (Å²) < 4.78 is 2.54. The molecule has 2 heterocycles. The molecule has 2 rings (SSSR count). The largest absolute Gasteiger partial charge is 0.305 e. The summed E-state index contributed by atoms with van der Waals surface area (Å²) in [5.41, 5.74) is 3.35. The molecular weight excluding hydrogens is 294 g/mol. The molecule has 0 aliphatic heterocycles. The minimum Gasteiger partial charge on any atom is -0.305 e. The number of halogens is 1. The Morgan fingerprint density at radius 1 is 1.50 bits per heavy atom. The first-order valence-electron chi connectivity index (χ1n) is 5.84. The van der Waals surface area contributed by atoms with Crippen molar-refractivity contribution in [3.63, 3.8) is 0 Å². The Labute approximate surface area is 115 Å². The highest BCUT2D eigenvalue weighted by molar-refractivity contribution is 9.10. The summed E-state index contributed by atoms with van der Waals surface area (Å²) in [6, 6.07) is 2.05. The quantitative estimate of drug-likeness (QED) is 0.938. The fraction of sp³-hybridized carbons (Fsp3) is 0.417. The highest BCUT2D eigenvalue weighted by Crippen LogP contribution is 2.27. The van der Waals surface area contributed by atoms with Gasteiger partial charge in [-0.05, 0) is 46.6 Å². The molecule has 0 bridgehead atoms. The lowest BCUT2D eigenvalue weighted by Gasteiger charge is -2.20. The average Bonchev–Trinajstić information content (AvgIpc) is 2.68. The van der Waals surface area contributed by atoms with Crippen molar-refractivity contribution in [1.82, 2.24) is 25.3 Å². The predicted octanol–water partition coefficient (Wildman–Crippen LogP) is 1.98. The predicted molar refractivity (Wildman–Crippen MR) is 73.2 cm³/mol. The second-order valence-corrected chi connectivity index (χ2v) is 4.86. The van der Waals surface area contributed by atoms with Crippen LogP contribution in [0.5, 0.6) is 0 Å². The zero-order valence-corrected chi connectivity index (χ0v) is 12.3. The van der Waals surface area contributed by atoms with Gasteiger partial charge in [0.15, 0.2) is 4.60 Å². The lowest BCUT2D eigenvalue weighted by molar-refractivity contribution is 0.564. The van der Waals surface area contributed by atoms with Crippen molar-refractivity contribution < 1.29 is 0 Å². The van der Waals surface area contributed by atoms with Crippen LogP contribution >= 0.6 is 15.9 Å². The second-order valence-electron chi connectivity index (χ2n) is 4.11. The molecule has 0 radical (unpaired) electrons. The van der Waals surface area contributed by atoms with E-state index in [1.54, 1.807) is 10.9 Å². The lowest BCUT2D eigenvalue weighted by Crippen LogP contribution is -2.25. The second kappa shape index (κ2) is 5.58. The summed E-state index contributed by atoms with van der Waals surface area (Å²) in [6.07, 6.45) is 3.69. The van der Waals surface area contributed by atoms with E-state index in [9.17, 15) is 0 Å². The highest BCUT2D eigenvalue weighted by Gasteiger charge is 2.22. The van der Waals surface area contributed by atoms with Crippen LogP contribution < -0.4 is 5.32 Å². The van der Waals surface area contributed by atoms with E-state index in [2.05, 4.69) is 50.4 Å². The number of hydrogen-bond donors (Lipinski definition) is 1. The maximum atomic E-state index is 4.21. The minimum atomic E-state index is 0.0399. The topological polar surface area (TPSA) is 55.6 Å². The minimum absolute atomic E-state index is 0.0399. The highest BCUT2D eigenvalue weighted by atomic mass is 79.9. The van der Waals surface area contributed by atoms with Gasteiger partial charge in [0.2, 0.25) is 0 Å². The van der Waals surface area contributed by atoms with E-state index in [1.807, 2.05) is 19.3 Å². The standard InChI is InChI=1S/C12H16BrN5/c1-4-15-10(9-7-14-6-5-8(9)2)11-12(13)16-17-18(11)3/h5-7,10,15H,4H2,1-3H3. The SMILES string of the molecule is CCNC(c1cnccc1C)c1c(Br)nnn1C. The molecule has 0 amide bonds. The van der Waals surface area contributed by atoms with Crippen LogP contribution in [0.25, 0.3) is 0 Å². The van der Waals surface area contributed by atoms with Crippen molar-refractivity contribution in [2.24, 2.45) is 7.05 Å². The Kier molecular flexibility index (Phi) is 4.08. The van der Waals surface area contributed by atoms with Gasteiger partial charge < -0.3 is 5.32 Å². The monoisotopic (exact) mass is 309 g/mol. The van der Waals surface area contributed by atoms with Gasteiger partial charge in [-0.15, -0.1) is 5.10 Å². The summed E-state index contributed by atoms with van der Waals surface area (Å²) in [7, 11) is 1.89. The molecule has 0 aliphatic carbocycles. The van der Waals surface area contributed by atoms with E-state index >= 15 is 0 Å². The normalized spacial score (nSPS) is 12.7. The van der Waals surface area contributed by atoms with E-state index < -0.39 is 0 Å². The van der Waals surface area contributed by atoms with Crippen LogP contribution in [0, 0.1) is 6.92 Å². The van der Waals surface area contributed by atoms with Gasteiger partial charge in [0.1, 0.15) is 0 Å². The Morgan fingerprint density at radius 3 is 2.83 bits per heavy atom. The van der Waals surface area contributed by atoms with Crippen LogP contribution in [0.2, 0.25) is 0 Å². The van der Waals surface area contributed by atoms with Gasteiger partial charge in [-0.1, -0.05) is 12.1 Å². The van der Waals surface area contributed by atoms with Gasteiger partial charge in [0.25, 0.3) is 0 Å². The van der Waals surface area contributed by atoms with Crippen molar-refractivity contribution in [1.29, 1.82) is 0 Å². The zero-order chi connectivity index (χ0) is 13.1. The maximum absolute atomic E-state index is 4.21. The molecule has 1 N–H and O–H groups in total. The summed E-state index contributed by atoms with van der Waals surface area (Å²) in [4.78, 5) is 4.21. The molecule has 0 aromatic carbocycles. The molecule has 0 saturated heterocycles. The van der Waals surface area contributed by atoms with E-state index in [0.717, 1.165) is 22.4 Å². The Morgan fingerprint density at radius 2 is 2.28 bits per heavy atom. The Bertz CT molecular complexity index is 518. The number of aryl methyl sites for hydroxylation is 2. The van der Waals surface area contributed by atoms with Crippen LogP contribution in [0.15, 0.2) is 23.1 Å². The fourth-order valence-electron chi connectivity index (χ4n) is 1.98. The summed E-state index contributed by atoms with van der Waals surface area (Å²) in [6.45, 7) is 5.02. The third-order valence-corrected chi connectivity index (χ3v) is 3.46. The maximum Gasteiger partial charge on any atom is 0.153 e. The molecule has 18 heavy (non-hydrogen) atoms. The van der Waals surface area contributed by atoms with Crippen molar-refractivity contribution in [2.45, 2.75) is 19.9 Å². The number of hydrogen-bond acceptors (Lipinski definition) is 4. The number of aromatic nitrogens is 4. The Hall–Kier alpha value is -1.27. The van der Waals surface area contributed by atoms with Gasteiger partial charge in [-0.3, -0.25) is 4.98 Å². The van der Waals surface area contributed by atoms with Gasteiger partial charge in [-0.2, -0.15) is 0 Å². The molecule has 2 aromatic rings. The fourth-order valence-corrected chi connectivity index (χ4v) is 2.54. The van der Waals surface area contributed by atoms with Crippen LogP contribution in [-0.4, -0.2) is 26.5 Å². The lowest BCUT2D eigenvalue weighted by atomic mass is 10.0. The first kappa shape index (κ1) is 13.2. The molecule has 0 fully saturated rings. The molecule has 0 spiro atoms. The van der Waals surface area contributed by atoms with E-state index in [4.69, 9.17) is 0 Å². The van der Waals surface area contributed by atoms with Gasteiger partial charge in [0, 0.05) is 19.4 Å². The van der Waals surface area contributed by atoms with Crippen molar-refractivity contribution in [3.05, 3.63) is 39.9 Å². The number of nitrogens with zero attached hydrogens (tertiary/aromatic N) is 4. The third kappa shape index (κ3) is 2.44.